The third-order valence-electron chi connectivity index (χ3n) is 4.77. The lowest BCUT2D eigenvalue weighted by Gasteiger charge is -2.21. The fraction of sp³-hybridized carbons (Fsp3) is 0.474. The first-order valence-electron chi connectivity index (χ1n) is 9.22. The molecule has 1 saturated heterocycles. The highest BCUT2D eigenvalue weighted by molar-refractivity contribution is 6.35. The molecular weight excluding hydrogens is 421 g/mol. The van der Waals surface area contributed by atoms with Gasteiger partial charge in [-0.2, -0.15) is 4.80 Å². The van der Waals surface area contributed by atoms with Gasteiger partial charge in [-0.3, -0.25) is 0 Å². The molecule has 3 heterocycles. The van der Waals surface area contributed by atoms with Gasteiger partial charge in [0.25, 0.3) is 5.92 Å². The number of nitrogens with zero attached hydrogens (tertiary/aromatic N) is 6. The minimum absolute atomic E-state index is 0.200. The van der Waals surface area contributed by atoms with Crippen LogP contribution in [-0.4, -0.2) is 44.0 Å². The molecule has 154 valence electrons. The monoisotopic (exact) mass is 440 g/mol. The molecule has 10 heteroatoms. The van der Waals surface area contributed by atoms with E-state index in [1.807, 2.05) is 20.8 Å². The van der Waals surface area contributed by atoms with E-state index in [9.17, 15) is 8.78 Å². The minimum atomic E-state index is -2.75. The van der Waals surface area contributed by atoms with Crippen molar-refractivity contribution in [1.82, 2.24) is 25.0 Å². The lowest BCUT2D eigenvalue weighted by molar-refractivity contribution is 0.0257. The molecule has 1 aromatic carbocycles. The van der Waals surface area contributed by atoms with Crippen LogP contribution in [-0.2, 0) is 12.0 Å². The molecule has 0 aliphatic carbocycles. The number of fused-ring (bicyclic) bond motifs is 1. The van der Waals surface area contributed by atoms with Crippen LogP contribution in [0.5, 0.6) is 0 Å². The molecular formula is C19H20Cl2F2N6. The van der Waals surface area contributed by atoms with Crippen molar-refractivity contribution < 1.29 is 8.78 Å². The largest absolute Gasteiger partial charge is 0.348 e. The second kappa shape index (κ2) is 7.02. The summed E-state index contributed by atoms with van der Waals surface area (Å²) in [5, 5.41) is 9.94. The van der Waals surface area contributed by atoms with Gasteiger partial charge in [0.2, 0.25) is 5.65 Å². The van der Waals surface area contributed by atoms with Crippen LogP contribution in [0, 0.1) is 0 Å². The second-order valence-corrected chi connectivity index (χ2v) is 9.07. The van der Waals surface area contributed by atoms with Crippen molar-refractivity contribution in [3.05, 3.63) is 39.6 Å². The zero-order valence-corrected chi connectivity index (χ0v) is 17.8. The summed E-state index contributed by atoms with van der Waals surface area (Å²) in [4.78, 5) is 12.1. The highest BCUT2D eigenvalue weighted by Gasteiger charge is 2.40. The van der Waals surface area contributed by atoms with E-state index in [0.717, 1.165) is 0 Å². The molecule has 0 unspecified atom stereocenters. The van der Waals surface area contributed by atoms with Crippen LogP contribution in [0.3, 0.4) is 0 Å². The van der Waals surface area contributed by atoms with Gasteiger partial charge in [0.1, 0.15) is 5.82 Å². The molecule has 0 amide bonds. The summed E-state index contributed by atoms with van der Waals surface area (Å²) in [6, 6.07) is 5.23. The van der Waals surface area contributed by atoms with Crippen molar-refractivity contribution in [2.45, 2.75) is 45.1 Å². The Morgan fingerprint density at radius 1 is 1.10 bits per heavy atom. The summed E-state index contributed by atoms with van der Waals surface area (Å²) in [5.41, 5.74) is 1.05. The van der Waals surface area contributed by atoms with Gasteiger partial charge in [-0.25, -0.2) is 18.7 Å². The molecule has 0 radical (unpaired) electrons. The van der Waals surface area contributed by atoms with E-state index in [1.165, 1.54) is 4.80 Å². The number of aromatic nitrogens is 5. The van der Waals surface area contributed by atoms with E-state index < -0.39 is 12.5 Å². The molecule has 0 N–H and O–H groups in total. The van der Waals surface area contributed by atoms with Crippen LogP contribution < -0.4 is 4.90 Å². The molecule has 0 saturated carbocycles. The van der Waals surface area contributed by atoms with Crippen molar-refractivity contribution >= 4 is 40.2 Å². The van der Waals surface area contributed by atoms with E-state index in [4.69, 9.17) is 23.2 Å². The number of hydrogen-bond acceptors (Lipinski definition) is 5. The molecule has 0 bridgehead atoms. The second-order valence-electron chi connectivity index (χ2n) is 8.25. The fourth-order valence-electron chi connectivity index (χ4n) is 3.21. The molecule has 0 atom stereocenters. The van der Waals surface area contributed by atoms with Crippen LogP contribution in [0.25, 0.3) is 11.2 Å². The maximum absolute atomic E-state index is 13.8. The number of halogens is 4. The first kappa shape index (κ1) is 20.2. The third kappa shape index (κ3) is 4.00. The van der Waals surface area contributed by atoms with Crippen molar-refractivity contribution in [2.75, 3.05) is 18.0 Å². The number of hydrogen-bond donors (Lipinski definition) is 0. The highest BCUT2D eigenvalue weighted by Crippen LogP contribution is 2.34. The fourth-order valence-corrected chi connectivity index (χ4v) is 3.72. The van der Waals surface area contributed by atoms with E-state index >= 15 is 0 Å². The van der Waals surface area contributed by atoms with Gasteiger partial charge < -0.3 is 4.90 Å². The maximum atomic E-state index is 13.8. The van der Waals surface area contributed by atoms with Gasteiger partial charge in [-0.1, -0.05) is 50.0 Å². The van der Waals surface area contributed by atoms with Crippen LogP contribution >= 0.6 is 23.2 Å². The summed E-state index contributed by atoms with van der Waals surface area (Å²) >= 11 is 12.5. The maximum Gasteiger partial charge on any atom is 0.266 e. The third-order valence-corrected chi connectivity index (χ3v) is 5.48. The van der Waals surface area contributed by atoms with E-state index in [2.05, 4.69) is 20.2 Å². The Morgan fingerprint density at radius 3 is 2.38 bits per heavy atom. The van der Waals surface area contributed by atoms with Gasteiger partial charge >= 0.3 is 0 Å². The first-order chi connectivity index (χ1) is 13.5. The van der Waals surface area contributed by atoms with Crippen molar-refractivity contribution in [1.29, 1.82) is 0 Å². The molecule has 0 spiro atoms. The Bertz CT molecular complexity index is 1060. The molecule has 1 aliphatic heterocycles. The predicted molar refractivity (Wildman–Crippen MR) is 109 cm³/mol. The summed E-state index contributed by atoms with van der Waals surface area (Å²) in [7, 11) is 0. The summed E-state index contributed by atoms with van der Waals surface area (Å²) in [5.74, 6) is -1.84. The van der Waals surface area contributed by atoms with Gasteiger partial charge in [-0.15, -0.1) is 10.2 Å². The molecule has 6 nitrogen and oxygen atoms in total. The smallest absolute Gasteiger partial charge is 0.266 e. The first-order valence-corrected chi connectivity index (χ1v) is 9.98. The lowest BCUT2D eigenvalue weighted by Crippen LogP contribution is -2.27. The Balaban J connectivity index is 1.81. The quantitative estimate of drug-likeness (QED) is 0.589. The Morgan fingerprint density at radius 2 is 1.79 bits per heavy atom. The number of rotatable bonds is 3. The zero-order chi connectivity index (χ0) is 21.0. The molecule has 2 aromatic heterocycles. The summed E-state index contributed by atoms with van der Waals surface area (Å²) < 4.78 is 27.7. The highest BCUT2D eigenvalue weighted by atomic mass is 35.5. The van der Waals surface area contributed by atoms with Gasteiger partial charge in [-0.05, 0) is 12.1 Å². The normalized spacial score (nSPS) is 16.7. The van der Waals surface area contributed by atoms with Crippen molar-refractivity contribution in [3.63, 3.8) is 0 Å². The molecule has 29 heavy (non-hydrogen) atoms. The summed E-state index contributed by atoms with van der Waals surface area (Å²) in [6.07, 6.45) is -0.216. The summed E-state index contributed by atoms with van der Waals surface area (Å²) in [6.45, 7) is 5.92. The van der Waals surface area contributed by atoms with E-state index in [1.54, 1.807) is 23.1 Å². The van der Waals surface area contributed by atoms with E-state index in [0.29, 0.717) is 38.4 Å². The van der Waals surface area contributed by atoms with Crippen LogP contribution in [0.1, 0.15) is 38.6 Å². The average molecular weight is 441 g/mol. The molecule has 1 fully saturated rings. The predicted octanol–water partition coefficient (Wildman–Crippen LogP) is 4.72. The van der Waals surface area contributed by atoms with Gasteiger partial charge in [0.05, 0.1) is 13.1 Å². The lowest BCUT2D eigenvalue weighted by atomic mass is 9.96. The molecule has 4 rings (SSSR count). The average Bonchev–Trinajstić information content (AvgIpc) is 3.19. The van der Waals surface area contributed by atoms with Crippen molar-refractivity contribution in [2.24, 2.45) is 0 Å². The van der Waals surface area contributed by atoms with Crippen LogP contribution in [0.15, 0.2) is 18.2 Å². The number of anilines is 1. The van der Waals surface area contributed by atoms with Crippen LogP contribution in [0.2, 0.25) is 10.0 Å². The van der Waals surface area contributed by atoms with Gasteiger partial charge in [0.15, 0.2) is 11.3 Å². The van der Waals surface area contributed by atoms with Crippen molar-refractivity contribution in [3.8, 4) is 0 Å². The van der Waals surface area contributed by atoms with Gasteiger partial charge in [0, 0.05) is 34.0 Å². The van der Waals surface area contributed by atoms with Crippen LogP contribution in [0.4, 0.5) is 14.6 Å². The zero-order valence-electron chi connectivity index (χ0n) is 16.3. The molecule has 3 aromatic rings. The number of alkyl halides is 2. The Labute approximate surface area is 176 Å². The topological polar surface area (TPSA) is 59.7 Å². The number of benzene rings is 1. The Kier molecular flexibility index (Phi) is 4.90. The minimum Gasteiger partial charge on any atom is -0.348 e. The standard InChI is InChI=1S/C19H20Cl2F2N6/c1-18(2,3)17-24-15-14(16(25-17)28-8-7-19(22,23)10-28)26-29(27-15)9-11-12(20)5-4-6-13(11)21/h4-6H,7-10H2,1-3H3. The SMILES string of the molecule is CC(C)(C)c1nc(N2CCC(F)(F)C2)c2nn(Cc3c(Cl)cccc3Cl)nc2n1. The van der Waals surface area contributed by atoms with E-state index in [-0.39, 0.29) is 24.9 Å². The Hall–Kier alpha value is -2.06. The molecule has 1 aliphatic rings.